The monoisotopic (exact) mass is 502 g/mol. The SMILES string of the molecule is Oc1ccc2ccccc2c1C=NCCSCCCSCCN=Cc1c(O)ccc2ccccc12. The van der Waals surface area contributed by atoms with Gasteiger partial charge in [-0.3, -0.25) is 9.98 Å². The standard InChI is InChI=1S/C29H30N2O2S2/c32-28-12-10-22-6-1-3-8-24(22)26(28)20-30-14-18-34-16-5-17-35-19-15-31-21-27-25-9-4-2-7-23(25)11-13-29(27)33/h1-4,6-13,20-21,32-33H,5,14-19H2. The maximum absolute atomic E-state index is 10.2. The van der Waals surface area contributed by atoms with Gasteiger partial charge in [0.15, 0.2) is 0 Å². The molecule has 0 atom stereocenters. The number of rotatable bonds is 12. The molecule has 0 aliphatic heterocycles. The van der Waals surface area contributed by atoms with E-state index in [4.69, 9.17) is 0 Å². The molecule has 0 saturated heterocycles. The van der Waals surface area contributed by atoms with Gasteiger partial charge in [-0.2, -0.15) is 23.5 Å². The summed E-state index contributed by atoms with van der Waals surface area (Å²) < 4.78 is 0. The van der Waals surface area contributed by atoms with Crippen molar-refractivity contribution >= 4 is 57.5 Å². The van der Waals surface area contributed by atoms with Crippen LogP contribution in [0.3, 0.4) is 0 Å². The van der Waals surface area contributed by atoms with Crippen LogP contribution in [0.5, 0.6) is 11.5 Å². The first kappa shape index (κ1) is 25.1. The van der Waals surface area contributed by atoms with E-state index in [2.05, 4.69) is 9.98 Å². The Kier molecular flexibility index (Phi) is 9.49. The zero-order valence-corrected chi connectivity index (χ0v) is 21.3. The zero-order valence-electron chi connectivity index (χ0n) is 19.6. The summed E-state index contributed by atoms with van der Waals surface area (Å²) in [5.41, 5.74) is 1.59. The smallest absolute Gasteiger partial charge is 0.124 e. The molecular weight excluding hydrogens is 472 g/mol. The van der Waals surface area contributed by atoms with Crippen molar-refractivity contribution in [2.24, 2.45) is 9.98 Å². The first-order valence-corrected chi connectivity index (χ1v) is 14.1. The quantitative estimate of drug-likeness (QED) is 0.165. The lowest BCUT2D eigenvalue weighted by Gasteiger charge is -2.05. The number of aromatic hydroxyl groups is 2. The summed E-state index contributed by atoms with van der Waals surface area (Å²) in [6.07, 6.45) is 4.76. The highest BCUT2D eigenvalue weighted by Gasteiger charge is 2.05. The Bertz CT molecular complexity index is 1220. The molecule has 4 aromatic carbocycles. The number of hydrogen-bond acceptors (Lipinski definition) is 6. The lowest BCUT2D eigenvalue weighted by molar-refractivity contribution is 0.475. The van der Waals surface area contributed by atoms with Crippen LogP contribution in [0.1, 0.15) is 17.5 Å². The highest BCUT2D eigenvalue weighted by atomic mass is 32.2. The molecule has 4 rings (SSSR count). The third-order valence-corrected chi connectivity index (χ3v) is 7.74. The predicted molar refractivity (Wildman–Crippen MR) is 155 cm³/mol. The van der Waals surface area contributed by atoms with Crippen LogP contribution in [0.4, 0.5) is 0 Å². The fraction of sp³-hybridized carbons (Fsp3) is 0.241. The fourth-order valence-electron chi connectivity index (χ4n) is 3.85. The number of phenols is 2. The largest absolute Gasteiger partial charge is 0.507 e. The molecule has 0 saturated carbocycles. The summed E-state index contributed by atoms with van der Waals surface area (Å²) in [7, 11) is 0. The summed E-state index contributed by atoms with van der Waals surface area (Å²) in [6, 6.07) is 23.4. The number of benzene rings is 4. The molecule has 6 heteroatoms. The summed E-state index contributed by atoms with van der Waals surface area (Å²) in [6.45, 7) is 1.49. The van der Waals surface area contributed by atoms with Gasteiger partial charge in [0.1, 0.15) is 11.5 Å². The van der Waals surface area contributed by atoms with Crippen LogP contribution in [0, 0.1) is 0 Å². The van der Waals surface area contributed by atoms with Gasteiger partial charge in [-0.1, -0.05) is 60.7 Å². The third kappa shape index (κ3) is 7.03. The van der Waals surface area contributed by atoms with Gasteiger partial charge >= 0.3 is 0 Å². The van der Waals surface area contributed by atoms with E-state index in [1.54, 1.807) is 24.6 Å². The molecule has 0 radical (unpaired) electrons. The van der Waals surface area contributed by atoms with E-state index in [-0.39, 0.29) is 11.5 Å². The van der Waals surface area contributed by atoms with E-state index in [1.165, 1.54) is 0 Å². The normalized spacial score (nSPS) is 11.9. The van der Waals surface area contributed by atoms with Crippen LogP contribution in [0.2, 0.25) is 0 Å². The Morgan fingerprint density at radius 3 is 1.51 bits per heavy atom. The van der Waals surface area contributed by atoms with Crippen molar-refractivity contribution < 1.29 is 10.2 Å². The maximum Gasteiger partial charge on any atom is 0.124 e. The van der Waals surface area contributed by atoms with Crippen LogP contribution in [0.15, 0.2) is 82.8 Å². The van der Waals surface area contributed by atoms with E-state index in [1.807, 2.05) is 84.2 Å². The van der Waals surface area contributed by atoms with E-state index in [9.17, 15) is 10.2 Å². The average Bonchev–Trinajstić information content (AvgIpc) is 2.89. The highest BCUT2D eigenvalue weighted by Crippen LogP contribution is 2.26. The van der Waals surface area contributed by atoms with Crippen molar-refractivity contribution in [3.63, 3.8) is 0 Å². The second-order valence-electron chi connectivity index (χ2n) is 8.09. The van der Waals surface area contributed by atoms with E-state index in [0.29, 0.717) is 0 Å². The summed E-state index contributed by atoms with van der Waals surface area (Å²) in [5, 5.41) is 24.6. The zero-order chi connectivity index (χ0) is 24.3. The molecular formula is C29H30N2O2S2. The van der Waals surface area contributed by atoms with Crippen molar-refractivity contribution in [2.45, 2.75) is 6.42 Å². The van der Waals surface area contributed by atoms with Crippen molar-refractivity contribution in [3.05, 3.63) is 83.9 Å². The van der Waals surface area contributed by atoms with Gasteiger partial charge in [0.2, 0.25) is 0 Å². The first-order valence-electron chi connectivity index (χ1n) is 11.8. The lowest BCUT2D eigenvalue weighted by atomic mass is 10.0. The molecule has 0 aliphatic rings. The summed E-state index contributed by atoms with van der Waals surface area (Å²) in [5.74, 6) is 4.74. The van der Waals surface area contributed by atoms with Gasteiger partial charge in [0, 0.05) is 48.2 Å². The average molecular weight is 503 g/mol. The van der Waals surface area contributed by atoms with Gasteiger partial charge in [0.05, 0.1) is 0 Å². The summed E-state index contributed by atoms with van der Waals surface area (Å²) >= 11 is 3.84. The van der Waals surface area contributed by atoms with Crippen LogP contribution in [-0.2, 0) is 0 Å². The van der Waals surface area contributed by atoms with E-state index in [0.717, 1.165) is 75.2 Å². The minimum absolute atomic E-state index is 0.274. The third-order valence-electron chi connectivity index (χ3n) is 5.64. The maximum atomic E-state index is 10.2. The van der Waals surface area contributed by atoms with Crippen molar-refractivity contribution in [1.29, 1.82) is 0 Å². The molecule has 0 amide bonds. The molecule has 2 N–H and O–H groups in total. The molecule has 0 fully saturated rings. The van der Waals surface area contributed by atoms with Crippen LogP contribution in [0.25, 0.3) is 21.5 Å². The van der Waals surface area contributed by atoms with Crippen molar-refractivity contribution in [1.82, 2.24) is 0 Å². The molecule has 0 aliphatic carbocycles. The Labute approximate surface area is 215 Å². The van der Waals surface area contributed by atoms with E-state index < -0.39 is 0 Å². The number of thioether (sulfide) groups is 2. The van der Waals surface area contributed by atoms with Crippen LogP contribution >= 0.6 is 23.5 Å². The Balaban J connectivity index is 1.09. The van der Waals surface area contributed by atoms with Crippen molar-refractivity contribution in [3.8, 4) is 11.5 Å². The number of nitrogens with zero attached hydrogens (tertiary/aromatic N) is 2. The topological polar surface area (TPSA) is 65.2 Å². The van der Waals surface area contributed by atoms with Gasteiger partial charge in [0.25, 0.3) is 0 Å². The van der Waals surface area contributed by atoms with Gasteiger partial charge in [-0.25, -0.2) is 0 Å². The van der Waals surface area contributed by atoms with Gasteiger partial charge < -0.3 is 10.2 Å². The van der Waals surface area contributed by atoms with Crippen molar-refractivity contribution in [2.75, 3.05) is 36.1 Å². The molecule has 4 aromatic rings. The van der Waals surface area contributed by atoms with Gasteiger partial charge in [-0.05, 0) is 51.6 Å². The Morgan fingerprint density at radius 2 is 1.03 bits per heavy atom. The number of hydrogen-bond donors (Lipinski definition) is 2. The second kappa shape index (κ2) is 13.2. The first-order chi connectivity index (χ1) is 17.2. The lowest BCUT2D eigenvalue weighted by Crippen LogP contribution is -1.94. The molecule has 4 nitrogen and oxygen atoms in total. The molecule has 0 spiro atoms. The molecule has 0 unspecified atom stereocenters. The molecule has 0 aromatic heterocycles. The molecule has 0 bridgehead atoms. The second-order valence-corrected chi connectivity index (χ2v) is 10.5. The minimum Gasteiger partial charge on any atom is -0.507 e. The minimum atomic E-state index is 0.274. The molecule has 180 valence electrons. The molecule has 0 heterocycles. The van der Waals surface area contributed by atoms with Crippen LogP contribution < -0.4 is 0 Å². The van der Waals surface area contributed by atoms with Crippen LogP contribution in [-0.4, -0.2) is 58.7 Å². The predicted octanol–water partition coefficient (Wildman–Crippen LogP) is 6.80. The Hall–Kier alpha value is -2.96. The Morgan fingerprint density at radius 1 is 0.571 bits per heavy atom. The van der Waals surface area contributed by atoms with E-state index >= 15 is 0 Å². The van der Waals surface area contributed by atoms with Gasteiger partial charge in [-0.15, -0.1) is 0 Å². The highest BCUT2D eigenvalue weighted by molar-refractivity contribution is 8.00. The molecule has 35 heavy (non-hydrogen) atoms. The number of fused-ring (bicyclic) bond motifs is 2. The summed E-state index contributed by atoms with van der Waals surface area (Å²) in [4.78, 5) is 9.05. The fourth-order valence-corrected chi connectivity index (χ4v) is 5.61. The number of phenolic OH excluding ortho intramolecular Hbond substituents is 2. The number of aliphatic imine (C=N–C) groups is 2.